The largest absolute Gasteiger partial charge is 0.461 e. The molecule has 1 fully saturated rings. The van der Waals surface area contributed by atoms with E-state index >= 15 is 0 Å². The van der Waals surface area contributed by atoms with Gasteiger partial charge in [0.05, 0.1) is 17.4 Å². The zero-order valence-electron chi connectivity index (χ0n) is 11.1. The first-order valence-corrected chi connectivity index (χ1v) is 6.73. The third-order valence-electron chi connectivity index (χ3n) is 4.93. The number of allylic oxidation sites excluding steroid dienone is 2. The minimum atomic E-state index is -0.895. The van der Waals surface area contributed by atoms with Gasteiger partial charge >= 0.3 is 5.97 Å². The Morgan fingerprint density at radius 3 is 2.94 bits per heavy atom. The number of rotatable bonds is 0. The van der Waals surface area contributed by atoms with Gasteiger partial charge in [-0.15, -0.1) is 0 Å². The smallest absolute Gasteiger partial charge is 0.309 e. The Balaban J connectivity index is 2.05. The van der Waals surface area contributed by atoms with E-state index in [1.54, 1.807) is 0 Å². The summed E-state index contributed by atoms with van der Waals surface area (Å²) in [5, 5.41) is 10.5. The molecule has 2 aliphatic carbocycles. The lowest BCUT2D eigenvalue weighted by molar-refractivity contribution is -0.147. The van der Waals surface area contributed by atoms with Gasteiger partial charge in [0.2, 0.25) is 0 Å². The average molecular weight is 248 g/mol. The SMILES string of the molecule is CC1=C2C=C[C@](C)(O)[C@@H]2[C@H]2OC(=O)[C@@H](C)[C@@H]2CC1. The van der Waals surface area contributed by atoms with Crippen molar-refractivity contribution in [3.05, 3.63) is 23.3 Å². The predicted molar refractivity (Wildman–Crippen MR) is 67.7 cm³/mol. The zero-order chi connectivity index (χ0) is 13.1. The van der Waals surface area contributed by atoms with Crippen LogP contribution in [0, 0.1) is 17.8 Å². The quantitative estimate of drug-likeness (QED) is 0.669. The number of hydrogen-bond acceptors (Lipinski definition) is 3. The maximum atomic E-state index is 11.8. The molecule has 0 saturated carbocycles. The van der Waals surface area contributed by atoms with Crippen LogP contribution in [0.15, 0.2) is 23.3 Å². The molecular formula is C15H20O3. The lowest BCUT2D eigenvalue weighted by atomic mass is 9.77. The summed E-state index contributed by atoms with van der Waals surface area (Å²) in [6.07, 6.45) is 5.67. The van der Waals surface area contributed by atoms with Crippen LogP contribution >= 0.6 is 0 Å². The van der Waals surface area contributed by atoms with Gasteiger partial charge in [-0.05, 0) is 32.3 Å². The van der Waals surface area contributed by atoms with Crippen molar-refractivity contribution < 1.29 is 14.6 Å². The van der Waals surface area contributed by atoms with E-state index in [1.165, 1.54) is 11.1 Å². The number of ether oxygens (including phenoxy) is 1. The molecule has 0 aromatic rings. The van der Waals surface area contributed by atoms with Gasteiger partial charge < -0.3 is 9.84 Å². The molecule has 3 rings (SSSR count). The van der Waals surface area contributed by atoms with Crippen molar-refractivity contribution in [3.8, 4) is 0 Å². The van der Waals surface area contributed by atoms with Crippen LogP contribution in [0.4, 0.5) is 0 Å². The first-order valence-electron chi connectivity index (χ1n) is 6.73. The molecule has 98 valence electrons. The molecule has 3 aliphatic rings. The molecular weight excluding hydrogens is 228 g/mol. The van der Waals surface area contributed by atoms with E-state index in [1.807, 2.05) is 26.0 Å². The number of esters is 1. The summed E-state index contributed by atoms with van der Waals surface area (Å²) in [5.74, 6) is 0.00498. The molecule has 5 atom stereocenters. The fourth-order valence-corrected chi connectivity index (χ4v) is 3.74. The van der Waals surface area contributed by atoms with Crippen LogP contribution in [0.1, 0.15) is 33.6 Å². The van der Waals surface area contributed by atoms with Crippen LogP contribution in [0.25, 0.3) is 0 Å². The Morgan fingerprint density at radius 2 is 2.22 bits per heavy atom. The first kappa shape index (κ1) is 12.0. The minimum Gasteiger partial charge on any atom is -0.461 e. The van der Waals surface area contributed by atoms with Crippen molar-refractivity contribution in [3.63, 3.8) is 0 Å². The van der Waals surface area contributed by atoms with Crippen LogP contribution in [0.5, 0.6) is 0 Å². The molecule has 0 spiro atoms. The van der Waals surface area contributed by atoms with Crippen molar-refractivity contribution in [2.45, 2.75) is 45.3 Å². The highest BCUT2D eigenvalue weighted by atomic mass is 16.6. The Labute approximate surface area is 108 Å². The van der Waals surface area contributed by atoms with E-state index in [-0.39, 0.29) is 29.8 Å². The van der Waals surface area contributed by atoms with E-state index in [4.69, 9.17) is 4.74 Å². The van der Waals surface area contributed by atoms with E-state index in [0.29, 0.717) is 0 Å². The molecule has 0 aromatic carbocycles. The van der Waals surface area contributed by atoms with Gasteiger partial charge in [-0.3, -0.25) is 4.79 Å². The highest BCUT2D eigenvalue weighted by Crippen LogP contribution is 2.49. The third kappa shape index (κ3) is 1.50. The van der Waals surface area contributed by atoms with Crippen molar-refractivity contribution in [1.82, 2.24) is 0 Å². The molecule has 18 heavy (non-hydrogen) atoms. The summed E-state index contributed by atoms with van der Waals surface area (Å²) < 4.78 is 5.58. The monoisotopic (exact) mass is 248 g/mol. The Kier molecular flexibility index (Phi) is 2.46. The zero-order valence-corrected chi connectivity index (χ0v) is 11.1. The van der Waals surface area contributed by atoms with E-state index in [2.05, 4.69) is 6.92 Å². The second kappa shape index (κ2) is 3.70. The first-order chi connectivity index (χ1) is 8.42. The second-order valence-corrected chi connectivity index (χ2v) is 6.17. The predicted octanol–water partition coefficient (Wildman–Crippen LogP) is 2.21. The molecule has 0 bridgehead atoms. The number of hydrogen-bond donors (Lipinski definition) is 1. The fourth-order valence-electron chi connectivity index (χ4n) is 3.74. The van der Waals surface area contributed by atoms with Crippen molar-refractivity contribution in [2.24, 2.45) is 17.8 Å². The number of aliphatic hydroxyl groups is 1. The average Bonchev–Trinajstić information content (AvgIpc) is 2.69. The number of carbonyl (C=O) groups excluding carboxylic acids is 1. The van der Waals surface area contributed by atoms with E-state index in [0.717, 1.165) is 12.8 Å². The van der Waals surface area contributed by atoms with Crippen molar-refractivity contribution in [2.75, 3.05) is 0 Å². The summed E-state index contributed by atoms with van der Waals surface area (Å²) in [6.45, 7) is 5.89. The van der Waals surface area contributed by atoms with Crippen LogP contribution in [0.3, 0.4) is 0 Å². The van der Waals surface area contributed by atoms with Gasteiger partial charge in [-0.2, -0.15) is 0 Å². The van der Waals surface area contributed by atoms with Crippen LogP contribution in [0.2, 0.25) is 0 Å². The summed E-state index contributed by atoms with van der Waals surface area (Å²) >= 11 is 0. The molecule has 3 nitrogen and oxygen atoms in total. The Morgan fingerprint density at radius 1 is 1.50 bits per heavy atom. The van der Waals surface area contributed by atoms with Crippen LogP contribution in [-0.2, 0) is 9.53 Å². The third-order valence-corrected chi connectivity index (χ3v) is 4.93. The topological polar surface area (TPSA) is 46.5 Å². The van der Waals surface area contributed by atoms with Gasteiger partial charge in [0.15, 0.2) is 0 Å². The molecule has 3 heteroatoms. The van der Waals surface area contributed by atoms with E-state index < -0.39 is 5.60 Å². The van der Waals surface area contributed by atoms with E-state index in [9.17, 15) is 9.90 Å². The van der Waals surface area contributed by atoms with Crippen molar-refractivity contribution in [1.29, 1.82) is 0 Å². The van der Waals surface area contributed by atoms with Crippen LogP contribution in [-0.4, -0.2) is 22.8 Å². The van der Waals surface area contributed by atoms with Gasteiger partial charge in [-0.25, -0.2) is 0 Å². The minimum absolute atomic E-state index is 0.0430. The molecule has 0 unspecified atom stereocenters. The summed E-state index contributed by atoms with van der Waals surface area (Å²) in [6, 6.07) is 0. The highest BCUT2D eigenvalue weighted by Gasteiger charge is 2.53. The normalized spacial score (nSPS) is 46.8. The molecule has 0 radical (unpaired) electrons. The molecule has 1 N–H and O–H groups in total. The molecule has 0 aromatic heterocycles. The fraction of sp³-hybridized carbons (Fsp3) is 0.667. The Bertz CT molecular complexity index is 458. The summed E-state index contributed by atoms with van der Waals surface area (Å²) in [5.41, 5.74) is 1.61. The maximum Gasteiger partial charge on any atom is 0.309 e. The van der Waals surface area contributed by atoms with Gasteiger partial charge in [0.25, 0.3) is 0 Å². The Hall–Kier alpha value is -1.09. The van der Waals surface area contributed by atoms with Gasteiger partial charge in [0.1, 0.15) is 6.10 Å². The lowest BCUT2D eigenvalue weighted by Crippen LogP contribution is -2.40. The molecule has 0 amide bonds. The van der Waals surface area contributed by atoms with Crippen molar-refractivity contribution >= 4 is 5.97 Å². The highest BCUT2D eigenvalue weighted by molar-refractivity contribution is 5.75. The maximum absolute atomic E-state index is 11.8. The van der Waals surface area contributed by atoms with Gasteiger partial charge in [0, 0.05) is 5.92 Å². The second-order valence-electron chi connectivity index (χ2n) is 6.17. The number of carbonyl (C=O) groups is 1. The van der Waals surface area contributed by atoms with Gasteiger partial charge in [-0.1, -0.05) is 24.6 Å². The van der Waals surface area contributed by atoms with Crippen LogP contribution < -0.4 is 0 Å². The lowest BCUT2D eigenvalue weighted by Gasteiger charge is -2.32. The molecule has 1 heterocycles. The molecule has 1 saturated heterocycles. The summed E-state index contributed by atoms with van der Waals surface area (Å²) in [7, 11) is 0. The number of fused-ring (bicyclic) bond motifs is 3. The molecule has 1 aliphatic heterocycles. The summed E-state index contributed by atoms with van der Waals surface area (Å²) in [4.78, 5) is 11.8. The standard InChI is InChI=1S/C15H20O3/c1-8-4-5-11-9(2)14(16)18-13(11)12-10(8)6-7-15(12,3)17/h6-7,9,11-13,17H,4-5H2,1-3H3/t9-,11-,12-,13-,15-/m0/s1.